The summed E-state index contributed by atoms with van der Waals surface area (Å²) in [5.74, 6) is 3.29. The lowest BCUT2D eigenvalue weighted by Gasteiger charge is -2.07. The quantitative estimate of drug-likeness (QED) is 0.0820. The first-order valence-corrected chi connectivity index (χ1v) is 10.1. The van der Waals surface area contributed by atoms with Gasteiger partial charge in [0.2, 0.25) is 0 Å². The Morgan fingerprint density at radius 2 is 1.88 bits per heavy atom. The van der Waals surface area contributed by atoms with Crippen LogP contribution in [-0.2, 0) is 11.3 Å². The van der Waals surface area contributed by atoms with Crippen LogP contribution in [0.25, 0.3) is 0 Å². The molecule has 9 nitrogen and oxygen atoms in total. The molecule has 0 aliphatic heterocycles. The van der Waals surface area contributed by atoms with Gasteiger partial charge >= 0.3 is 5.97 Å². The van der Waals surface area contributed by atoms with Crippen molar-refractivity contribution in [3.05, 3.63) is 101 Å². The molecule has 1 aromatic heterocycles. The highest BCUT2D eigenvalue weighted by Gasteiger charge is 2.10. The second kappa shape index (κ2) is 14.1. The van der Waals surface area contributed by atoms with Crippen molar-refractivity contribution < 1.29 is 19.1 Å². The number of aromatic nitrogens is 1. The van der Waals surface area contributed by atoms with Gasteiger partial charge < -0.3 is 16.2 Å². The normalized spacial score (nSPS) is 10.9. The second-order valence-electron chi connectivity index (χ2n) is 7.03. The molecule has 0 saturated carbocycles. The van der Waals surface area contributed by atoms with Gasteiger partial charge in [0.05, 0.1) is 5.57 Å². The first-order chi connectivity index (χ1) is 16.1. The minimum absolute atomic E-state index is 0.118. The van der Waals surface area contributed by atoms with Crippen molar-refractivity contribution >= 4 is 17.7 Å². The van der Waals surface area contributed by atoms with Crippen LogP contribution in [0.1, 0.15) is 34.2 Å². The van der Waals surface area contributed by atoms with Gasteiger partial charge in [-0.15, -0.1) is 0 Å². The van der Waals surface area contributed by atoms with Crippen LogP contribution < -0.4 is 22.3 Å². The number of hydrogen-bond donors (Lipinski definition) is 6. The van der Waals surface area contributed by atoms with Crippen molar-refractivity contribution in [2.24, 2.45) is 11.6 Å². The van der Waals surface area contributed by atoms with Crippen LogP contribution in [0.3, 0.4) is 0 Å². The molecule has 0 fully saturated rings. The van der Waals surface area contributed by atoms with E-state index in [9.17, 15) is 14.0 Å². The number of aliphatic carboxylic acids is 1. The zero-order valence-electron chi connectivity index (χ0n) is 19.1. The van der Waals surface area contributed by atoms with E-state index in [0.717, 1.165) is 11.1 Å². The Labute approximate surface area is 197 Å². The molecule has 34 heavy (non-hydrogen) atoms. The Morgan fingerprint density at radius 3 is 2.41 bits per heavy atom. The molecule has 0 spiro atoms. The Bertz CT molecular complexity index is 1090. The summed E-state index contributed by atoms with van der Waals surface area (Å²) < 4.78 is 12.8. The molecule has 0 saturated heterocycles. The molecule has 2 aromatic rings. The number of nitrogens with one attached hydrogen (secondary N) is 3. The third kappa shape index (κ3) is 9.98. The third-order valence-corrected chi connectivity index (χ3v) is 4.25. The van der Waals surface area contributed by atoms with E-state index in [1.165, 1.54) is 30.4 Å². The lowest BCUT2D eigenvalue weighted by molar-refractivity contribution is -0.132. The number of hydrazine groups is 1. The van der Waals surface area contributed by atoms with E-state index >= 15 is 0 Å². The van der Waals surface area contributed by atoms with E-state index in [1.807, 2.05) is 0 Å². The summed E-state index contributed by atoms with van der Waals surface area (Å²) in [5, 5.41) is 18.7. The Morgan fingerprint density at radius 1 is 1.24 bits per heavy atom. The molecule has 0 atom stereocenters. The number of nitrogen functional groups attached to an aromatic ring is 1. The van der Waals surface area contributed by atoms with E-state index in [0.29, 0.717) is 17.8 Å². The standard InChI is InChI=1S/C15H15FN4O.C9H14N2O2/c1-9-6-11(14(17)18)7-13(20-9)15(21)19-8-10-2-4-12(16)5-3-10;1-3-8(9(12)13)5-4-7(2)6-11-10/h2-7H,8H2,1H3,(H3,17,18)(H,19,21);3-5,11H,2,6,10H2,1H3,(H,12,13)/b;5-4-,8-3+. The van der Waals surface area contributed by atoms with Crippen molar-refractivity contribution in [2.45, 2.75) is 20.4 Å². The maximum atomic E-state index is 12.8. The van der Waals surface area contributed by atoms with Crippen LogP contribution in [0.5, 0.6) is 0 Å². The number of carbonyl (C=O) groups excluding carboxylic acids is 1. The summed E-state index contributed by atoms with van der Waals surface area (Å²) in [6, 6.07) is 8.97. The minimum Gasteiger partial charge on any atom is -0.478 e. The van der Waals surface area contributed by atoms with Crippen LogP contribution in [0, 0.1) is 18.2 Å². The van der Waals surface area contributed by atoms with Gasteiger partial charge in [0.25, 0.3) is 5.91 Å². The van der Waals surface area contributed by atoms with Gasteiger partial charge in [-0.05, 0) is 55.3 Å². The van der Waals surface area contributed by atoms with Crippen molar-refractivity contribution in [3.8, 4) is 0 Å². The predicted octanol–water partition coefficient (Wildman–Crippen LogP) is 2.34. The number of amides is 1. The fraction of sp³-hybridized carbons (Fsp3) is 0.167. The first kappa shape index (κ1) is 27.9. The number of pyridine rings is 1. The van der Waals surface area contributed by atoms with Crippen LogP contribution in [0.4, 0.5) is 4.39 Å². The molecule has 8 N–H and O–H groups in total. The van der Waals surface area contributed by atoms with Crippen molar-refractivity contribution in [1.29, 1.82) is 5.41 Å². The van der Waals surface area contributed by atoms with Crippen LogP contribution >= 0.6 is 0 Å². The summed E-state index contributed by atoms with van der Waals surface area (Å²) in [6.07, 6.45) is 4.62. The van der Waals surface area contributed by atoms with Gasteiger partial charge in [0, 0.05) is 24.3 Å². The Hall–Kier alpha value is -4.15. The summed E-state index contributed by atoms with van der Waals surface area (Å²) in [4.78, 5) is 26.7. The van der Waals surface area contributed by atoms with E-state index in [1.54, 1.807) is 38.1 Å². The number of hydrogen-bond acceptors (Lipinski definition) is 6. The van der Waals surface area contributed by atoms with Gasteiger partial charge in [0.15, 0.2) is 0 Å². The average molecular weight is 469 g/mol. The lowest BCUT2D eigenvalue weighted by Crippen LogP contribution is -2.25. The van der Waals surface area contributed by atoms with Crippen molar-refractivity contribution in [3.63, 3.8) is 0 Å². The molecule has 180 valence electrons. The SMILES string of the molecule is C=C(/C=C\C(=C/C)C(=O)O)CNN.Cc1cc(C(=N)N)cc(C(=O)NCc2ccc(F)cc2)n1. The summed E-state index contributed by atoms with van der Waals surface area (Å²) in [7, 11) is 0. The number of benzene rings is 1. The largest absolute Gasteiger partial charge is 0.478 e. The highest BCUT2D eigenvalue weighted by Crippen LogP contribution is 2.07. The van der Waals surface area contributed by atoms with E-state index in [4.69, 9.17) is 22.1 Å². The molecular weight excluding hydrogens is 439 g/mol. The maximum Gasteiger partial charge on any atom is 0.335 e. The molecule has 1 amide bonds. The number of aryl methyl sites for hydroxylation is 1. The zero-order valence-corrected chi connectivity index (χ0v) is 19.1. The predicted molar refractivity (Wildman–Crippen MR) is 129 cm³/mol. The highest BCUT2D eigenvalue weighted by molar-refractivity contribution is 5.99. The Kier molecular flexibility index (Phi) is 11.6. The van der Waals surface area contributed by atoms with Crippen molar-refractivity contribution in [1.82, 2.24) is 15.7 Å². The van der Waals surface area contributed by atoms with Crippen LogP contribution in [-0.4, -0.2) is 34.3 Å². The molecule has 2 rings (SSSR count). The van der Waals surface area contributed by atoms with E-state index in [2.05, 4.69) is 22.3 Å². The number of carboxylic acid groups (broad SMARTS) is 1. The average Bonchev–Trinajstić information content (AvgIpc) is 2.79. The summed E-state index contributed by atoms with van der Waals surface area (Å²) >= 11 is 0. The summed E-state index contributed by atoms with van der Waals surface area (Å²) in [5.41, 5.74) is 10.8. The zero-order chi connectivity index (χ0) is 25.7. The molecule has 0 unspecified atom stereocenters. The molecule has 0 aliphatic rings. The molecule has 1 heterocycles. The highest BCUT2D eigenvalue weighted by atomic mass is 19.1. The van der Waals surface area contributed by atoms with Gasteiger partial charge in [-0.1, -0.05) is 30.9 Å². The first-order valence-electron chi connectivity index (χ1n) is 10.1. The number of carboxylic acids is 1. The number of rotatable bonds is 9. The van der Waals surface area contributed by atoms with Crippen LogP contribution in [0.2, 0.25) is 0 Å². The van der Waals surface area contributed by atoms with Crippen LogP contribution in [0.15, 0.2) is 72.4 Å². The maximum absolute atomic E-state index is 12.8. The number of nitrogens with zero attached hydrogens (tertiary/aromatic N) is 1. The Balaban J connectivity index is 0.000000385. The summed E-state index contributed by atoms with van der Waals surface area (Å²) in [6.45, 7) is 7.76. The van der Waals surface area contributed by atoms with Gasteiger partial charge in [-0.3, -0.25) is 21.5 Å². The van der Waals surface area contributed by atoms with E-state index in [-0.39, 0.29) is 35.4 Å². The fourth-order valence-electron chi connectivity index (χ4n) is 2.50. The molecule has 10 heteroatoms. The number of amidine groups is 1. The molecule has 0 aliphatic carbocycles. The minimum atomic E-state index is -0.952. The second-order valence-corrected chi connectivity index (χ2v) is 7.03. The lowest BCUT2D eigenvalue weighted by atomic mass is 10.1. The fourth-order valence-corrected chi connectivity index (χ4v) is 2.50. The molecule has 1 aromatic carbocycles. The van der Waals surface area contributed by atoms with Gasteiger partial charge in [-0.25, -0.2) is 14.2 Å². The van der Waals surface area contributed by atoms with Gasteiger partial charge in [0.1, 0.15) is 17.3 Å². The topological polar surface area (TPSA) is 167 Å². The van der Waals surface area contributed by atoms with E-state index < -0.39 is 5.97 Å². The smallest absolute Gasteiger partial charge is 0.335 e. The number of allylic oxidation sites excluding steroid dienone is 1. The molecular formula is C24H29FN6O3. The van der Waals surface area contributed by atoms with Gasteiger partial charge in [-0.2, -0.15) is 0 Å². The number of carbonyl (C=O) groups is 2. The number of halogens is 1. The molecule has 0 bridgehead atoms. The third-order valence-electron chi connectivity index (χ3n) is 4.25. The number of nitrogens with two attached hydrogens (primary N) is 2. The monoisotopic (exact) mass is 468 g/mol. The van der Waals surface area contributed by atoms with Crippen molar-refractivity contribution in [2.75, 3.05) is 6.54 Å². The molecule has 0 radical (unpaired) electrons.